The summed E-state index contributed by atoms with van der Waals surface area (Å²) in [5, 5.41) is 5.38. The summed E-state index contributed by atoms with van der Waals surface area (Å²) in [5.74, 6) is -0.138. The molecule has 0 aromatic heterocycles. The van der Waals surface area contributed by atoms with Gasteiger partial charge in [0.25, 0.3) is 0 Å². The number of sulfonamides is 1. The van der Waals surface area contributed by atoms with Gasteiger partial charge in [0.1, 0.15) is 0 Å². The van der Waals surface area contributed by atoms with Crippen LogP contribution in [0.2, 0.25) is 0 Å². The molecule has 0 unspecified atom stereocenters. The molecule has 106 valence electrons. The van der Waals surface area contributed by atoms with Crippen LogP contribution in [-0.4, -0.2) is 34.5 Å². The van der Waals surface area contributed by atoms with E-state index in [1.54, 1.807) is 19.2 Å². The summed E-state index contributed by atoms with van der Waals surface area (Å²) < 4.78 is 26.1. The number of hydrogen-bond donors (Lipinski definition) is 3. The first-order chi connectivity index (χ1) is 8.99. The van der Waals surface area contributed by atoms with E-state index in [0.29, 0.717) is 12.2 Å². The van der Waals surface area contributed by atoms with Crippen LogP contribution in [-0.2, 0) is 14.8 Å². The lowest BCUT2D eigenvalue weighted by Gasteiger charge is -2.08. The molecule has 0 heterocycles. The van der Waals surface area contributed by atoms with Crippen LogP contribution >= 0.6 is 0 Å². The summed E-state index contributed by atoms with van der Waals surface area (Å²) in [5.41, 5.74) is 0.693. The van der Waals surface area contributed by atoms with Crippen LogP contribution in [0.15, 0.2) is 29.2 Å². The normalized spacial score (nSPS) is 11.1. The Kier molecular flexibility index (Phi) is 5.78. The number of anilines is 1. The highest BCUT2D eigenvalue weighted by molar-refractivity contribution is 7.89. The van der Waals surface area contributed by atoms with Gasteiger partial charge < -0.3 is 10.6 Å². The van der Waals surface area contributed by atoms with Crippen molar-refractivity contribution in [3.05, 3.63) is 24.3 Å². The molecule has 0 saturated heterocycles. The van der Waals surface area contributed by atoms with Crippen LogP contribution in [0.4, 0.5) is 5.69 Å². The zero-order valence-electron chi connectivity index (χ0n) is 11.1. The van der Waals surface area contributed by atoms with E-state index in [1.165, 1.54) is 12.1 Å². The molecule has 0 fully saturated rings. The molecule has 1 rings (SSSR count). The van der Waals surface area contributed by atoms with Gasteiger partial charge in [-0.05, 0) is 30.7 Å². The Bertz CT molecular complexity index is 512. The number of likely N-dealkylation sites (N-methyl/N-ethyl adjacent to an activating group) is 1. The van der Waals surface area contributed by atoms with Gasteiger partial charge in [0.05, 0.1) is 11.4 Å². The van der Waals surface area contributed by atoms with E-state index >= 15 is 0 Å². The molecule has 7 heteroatoms. The molecule has 1 aromatic carbocycles. The van der Waals surface area contributed by atoms with E-state index in [9.17, 15) is 13.2 Å². The minimum atomic E-state index is -3.43. The largest absolute Gasteiger partial charge is 0.376 e. The Labute approximate surface area is 113 Å². The van der Waals surface area contributed by atoms with E-state index < -0.39 is 10.0 Å². The van der Waals surface area contributed by atoms with Crippen LogP contribution in [0, 0.1) is 0 Å². The van der Waals surface area contributed by atoms with E-state index in [-0.39, 0.29) is 17.3 Å². The summed E-state index contributed by atoms with van der Waals surface area (Å²) >= 11 is 0. The van der Waals surface area contributed by atoms with Gasteiger partial charge in [0, 0.05) is 19.3 Å². The predicted octanol–water partition coefficient (Wildman–Crippen LogP) is 0.533. The minimum Gasteiger partial charge on any atom is -0.376 e. The zero-order chi connectivity index (χ0) is 14.3. The lowest BCUT2D eigenvalue weighted by Crippen LogP contribution is -2.26. The van der Waals surface area contributed by atoms with Gasteiger partial charge in [0.2, 0.25) is 15.9 Å². The number of carbonyl (C=O) groups is 1. The summed E-state index contributed by atoms with van der Waals surface area (Å²) in [6, 6.07) is 6.27. The van der Waals surface area contributed by atoms with Gasteiger partial charge in [-0.2, -0.15) is 0 Å². The van der Waals surface area contributed by atoms with Gasteiger partial charge in [-0.15, -0.1) is 0 Å². The smallest absolute Gasteiger partial charge is 0.240 e. The monoisotopic (exact) mass is 285 g/mol. The lowest BCUT2D eigenvalue weighted by atomic mass is 10.3. The topological polar surface area (TPSA) is 87.3 Å². The Morgan fingerprint density at radius 2 is 1.84 bits per heavy atom. The number of amides is 1. The molecule has 0 atom stereocenters. The summed E-state index contributed by atoms with van der Waals surface area (Å²) in [6.07, 6.45) is 0.741. The molecule has 0 saturated carbocycles. The van der Waals surface area contributed by atoms with Crippen LogP contribution in [0.1, 0.15) is 13.3 Å². The Morgan fingerprint density at radius 3 is 2.37 bits per heavy atom. The number of hydrogen-bond acceptors (Lipinski definition) is 4. The molecule has 1 amide bonds. The van der Waals surface area contributed by atoms with E-state index in [0.717, 1.165) is 6.42 Å². The first-order valence-corrected chi connectivity index (χ1v) is 7.52. The highest BCUT2D eigenvalue weighted by atomic mass is 32.2. The summed E-state index contributed by atoms with van der Waals surface area (Å²) in [7, 11) is -1.88. The molecule has 1 aromatic rings. The van der Waals surface area contributed by atoms with Crippen LogP contribution in [0.3, 0.4) is 0 Å². The fourth-order valence-electron chi connectivity index (χ4n) is 1.34. The number of rotatable bonds is 7. The Morgan fingerprint density at radius 1 is 1.21 bits per heavy atom. The predicted molar refractivity (Wildman–Crippen MR) is 74.5 cm³/mol. The van der Waals surface area contributed by atoms with Crippen molar-refractivity contribution in [2.75, 3.05) is 25.5 Å². The van der Waals surface area contributed by atoms with Crippen molar-refractivity contribution >= 4 is 21.6 Å². The average molecular weight is 285 g/mol. The maximum absolute atomic E-state index is 11.8. The quantitative estimate of drug-likeness (QED) is 0.682. The third kappa shape index (κ3) is 4.88. The van der Waals surface area contributed by atoms with Crippen molar-refractivity contribution in [2.24, 2.45) is 0 Å². The summed E-state index contributed by atoms with van der Waals surface area (Å²) in [6.45, 7) is 2.46. The summed E-state index contributed by atoms with van der Waals surface area (Å²) in [4.78, 5) is 11.3. The lowest BCUT2D eigenvalue weighted by molar-refractivity contribution is -0.118. The molecule has 0 spiro atoms. The zero-order valence-corrected chi connectivity index (χ0v) is 11.9. The molecule has 0 aliphatic rings. The van der Waals surface area contributed by atoms with Gasteiger partial charge in [-0.25, -0.2) is 13.1 Å². The molecular formula is C12H19N3O3S. The number of benzene rings is 1. The van der Waals surface area contributed by atoms with Gasteiger partial charge >= 0.3 is 0 Å². The van der Waals surface area contributed by atoms with Gasteiger partial charge in [-0.3, -0.25) is 4.79 Å². The SMILES string of the molecule is CCCNS(=O)(=O)c1ccc(NCC(=O)NC)cc1. The van der Waals surface area contributed by atoms with Crippen molar-refractivity contribution < 1.29 is 13.2 Å². The average Bonchev–Trinajstić information content (AvgIpc) is 2.43. The highest BCUT2D eigenvalue weighted by Crippen LogP contribution is 2.13. The van der Waals surface area contributed by atoms with Crippen molar-refractivity contribution in [1.82, 2.24) is 10.0 Å². The Balaban J connectivity index is 2.68. The highest BCUT2D eigenvalue weighted by Gasteiger charge is 2.12. The van der Waals surface area contributed by atoms with Gasteiger partial charge in [0.15, 0.2) is 0 Å². The molecule has 19 heavy (non-hydrogen) atoms. The molecule has 0 radical (unpaired) electrons. The fourth-order valence-corrected chi connectivity index (χ4v) is 2.48. The molecule has 0 aliphatic carbocycles. The Hall–Kier alpha value is -1.60. The first-order valence-electron chi connectivity index (χ1n) is 6.03. The molecule has 0 aliphatic heterocycles. The molecular weight excluding hydrogens is 266 g/mol. The third-order valence-electron chi connectivity index (χ3n) is 2.44. The third-order valence-corrected chi connectivity index (χ3v) is 3.92. The number of carbonyl (C=O) groups excluding carboxylic acids is 1. The van der Waals surface area contributed by atoms with Crippen molar-refractivity contribution in [3.63, 3.8) is 0 Å². The first kappa shape index (κ1) is 15.5. The molecule has 6 nitrogen and oxygen atoms in total. The van der Waals surface area contributed by atoms with Gasteiger partial charge in [-0.1, -0.05) is 6.92 Å². The fraction of sp³-hybridized carbons (Fsp3) is 0.417. The standard InChI is InChI=1S/C12H19N3O3S/c1-3-8-15-19(17,18)11-6-4-10(5-7-11)14-9-12(16)13-2/h4-7,14-15H,3,8-9H2,1-2H3,(H,13,16). The van der Waals surface area contributed by atoms with E-state index in [4.69, 9.17) is 0 Å². The molecule has 3 N–H and O–H groups in total. The van der Waals surface area contributed by atoms with E-state index in [1.807, 2.05) is 6.92 Å². The van der Waals surface area contributed by atoms with Crippen LogP contribution in [0.25, 0.3) is 0 Å². The van der Waals surface area contributed by atoms with Crippen molar-refractivity contribution in [2.45, 2.75) is 18.2 Å². The van der Waals surface area contributed by atoms with E-state index in [2.05, 4.69) is 15.4 Å². The van der Waals surface area contributed by atoms with Crippen LogP contribution < -0.4 is 15.4 Å². The second kappa shape index (κ2) is 7.10. The maximum atomic E-state index is 11.8. The second-order valence-corrected chi connectivity index (χ2v) is 5.72. The van der Waals surface area contributed by atoms with Crippen LogP contribution in [0.5, 0.6) is 0 Å². The minimum absolute atomic E-state index is 0.138. The van der Waals surface area contributed by atoms with Crippen molar-refractivity contribution in [1.29, 1.82) is 0 Å². The second-order valence-electron chi connectivity index (χ2n) is 3.95. The maximum Gasteiger partial charge on any atom is 0.240 e. The molecule has 0 bridgehead atoms. The number of nitrogens with one attached hydrogen (secondary N) is 3. The van der Waals surface area contributed by atoms with Crippen molar-refractivity contribution in [3.8, 4) is 0 Å².